The maximum Gasteiger partial charge on any atom is 0.0233 e. The van der Waals surface area contributed by atoms with Crippen LogP contribution in [0.3, 0.4) is 0 Å². The van der Waals surface area contributed by atoms with E-state index in [1.165, 1.54) is 16.3 Å². The Morgan fingerprint density at radius 1 is 1.00 bits per heavy atom. The van der Waals surface area contributed by atoms with Gasteiger partial charge in [0, 0.05) is 25.7 Å². The van der Waals surface area contributed by atoms with E-state index in [0.717, 1.165) is 26.1 Å². The van der Waals surface area contributed by atoms with E-state index in [1.807, 2.05) is 0 Å². The van der Waals surface area contributed by atoms with Crippen LogP contribution < -0.4 is 10.6 Å². The third-order valence-electron chi connectivity index (χ3n) is 3.47. The Morgan fingerprint density at radius 2 is 1.88 bits per heavy atom. The molecule has 0 unspecified atom stereocenters. The topological polar surface area (TPSA) is 24.1 Å². The van der Waals surface area contributed by atoms with Crippen LogP contribution >= 0.6 is 0 Å². The van der Waals surface area contributed by atoms with Crippen molar-refractivity contribution in [1.82, 2.24) is 10.6 Å². The molecule has 1 aliphatic heterocycles. The summed E-state index contributed by atoms with van der Waals surface area (Å²) >= 11 is 0. The lowest BCUT2D eigenvalue weighted by atomic mass is 9.98. The Hall–Kier alpha value is -1.38. The highest BCUT2D eigenvalue weighted by molar-refractivity contribution is 5.85. The first-order valence-electron chi connectivity index (χ1n) is 6.34. The summed E-state index contributed by atoms with van der Waals surface area (Å²) in [5, 5.41) is 9.74. The Labute approximate surface area is 102 Å². The average molecular weight is 226 g/mol. The minimum atomic E-state index is 0.564. The van der Waals surface area contributed by atoms with Crippen molar-refractivity contribution in [2.75, 3.05) is 19.6 Å². The fourth-order valence-corrected chi connectivity index (χ4v) is 2.59. The first kappa shape index (κ1) is 10.8. The van der Waals surface area contributed by atoms with Gasteiger partial charge in [0.2, 0.25) is 0 Å². The second-order valence-electron chi connectivity index (χ2n) is 4.70. The molecule has 2 heteroatoms. The summed E-state index contributed by atoms with van der Waals surface area (Å²) in [4.78, 5) is 0. The Kier molecular flexibility index (Phi) is 3.08. The van der Waals surface area contributed by atoms with Crippen molar-refractivity contribution < 1.29 is 0 Å². The predicted octanol–water partition coefficient (Wildman–Crippen LogP) is 1.94. The summed E-state index contributed by atoms with van der Waals surface area (Å²) < 4.78 is 0. The van der Waals surface area contributed by atoms with Crippen LogP contribution in [0.1, 0.15) is 5.56 Å². The maximum absolute atomic E-state index is 3.57. The van der Waals surface area contributed by atoms with E-state index in [-0.39, 0.29) is 0 Å². The van der Waals surface area contributed by atoms with Gasteiger partial charge in [0.05, 0.1) is 0 Å². The Morgan fingerprint density at radius 3 is 2.76 bits per heavy atom. The molecule has 2 aromatic rings. The molecule has 1 heterocycles. The number of piperazine rings is 1. The summed E-state index contributed by atoms with van der Waals surface area (Å²) in [6.45, 7) is 3.24. The zero-order valence-electron chi connectivity index (χ0n) is 9.95. The van der Waals surface area contributed by atoms with Gasteiger partial charge in [0.15, 0.2) is 0 Å². The van der Waals surface area contributed by atoms with Crippen LogP contribution in [0.2, 0.25) is 0 Å². The fourth-order valence-electron chi connectivity index (χ4n) is 2.59. The molecule has 0 aromatic heterocycles. The van der Waals surface area contributed by atoms with Crippen LogP contribution in [0.4, 0.5) is 0 Å². The van der Waals surface area contributed by atoms with Gasteiger partial charge in [-0.2, -0.15) is 0 Å². The Balaban J connectivity index is 1.89. The highest BCUT2D eigenvalue weighted by Crippen LogP contribution is 2.19. The molecule has 1 atom stereocenters. The van der Waals surface area contributed by atoms with Crippen LogP contribution in [0.15, 0.2) is 42.5 Å². The summed E-state index contributed by atoms with van der Waals surface area (Å²) in [7, 11) is 0. The third kappa shape index (κ3) is 2.33. The molecule has 3 rings (SSSR count). The molecular weight excluding hydrogens is 208 g/mol. The smallest absolute Gasteiger partial charge is 0.0233 e. The molecule has 1 saturated heterocycles. The first-order chi connectivity index (χ1) is 8.43. The van der Waals surface area contributed by atoms with Crippen LogP contribution in [-0.2, 0) is 6.42 Å². The second-order valence-corrected chi connectivity index (χ2v) is 4.70. The van der Waals surface area contributed by atoms with Gasteiger partial charge in [-0.25, -0.2) is 0 Å². The van der Waals surface area contributed by atoms with E-state index < -0.39 is 0 Å². The molecule has 1 aliphatic rings. The van der Waals surface area contributed by atoms with Crippen molar-refractivity contribution in [3.8, 4) is 0 Å². The van der Waals surface area contributed by atoms with Gasteiger partial charge >= 0.3 is 0 Å². The number of fused-ring (bicyclic) bond motifs is 1. The van der Waals surface area contributed by atoms with Crippen LogP contribution in [0, 0.1) is 0 Å². The molecule has 0 aliphatic carbocycles. The molecule has 17 heavy (non-hydrogen) atoms. The molecule has 2 aromatic carbocycles. The van der Waals surface area contributed by atoms with Crippen molar-refractivity contribution in [3.63, 3.8) is 0 Å². The fraction of sp³-hybridized carbons (Fsp3) is 0.333. The van der Waals surface area contributed by atoms with Crippen molar-refractivity contribution in [2.24, 2.45) is 0 Å². The monoisotopic (exact) mass is 226 g/mol. The van der Waals surface area contributed by atoms with Crippen LogP contribution in [0.25, 0.3) is 10.8 Å². The standard InChI is InChI=1S/C15H18N2/c1-2-7-15-12(4-1)5-3-6-13(15)10-14-11-16-8-9-17-14/h1-7,14,16-17H,8-11H2/t14-/m1/s1. The van der Waals surface area contributed by atoms with E-state index in [1.54, 1.807) is 0 Å². The predicted molar refractivity (Wildman–Crippen MR) is 72.3 cm³/mol. The van der Waals surface area contributed by atoms with Gasteiger partial charge in [-0.3, -0.25) is 0 Å². The number of hydrogen-bond acceptors (Lipinski definition) is 2. The normalized spacial score (nSPS) is 20.6. The molecule has 88 valence electrons. The Bertz CT molecular complexity index is 496. The third-order valence-corrected chi connectivity index (χ3v) is 3.47. The quantitative estimate of drug-likeness (QED) is 0.818. The van der Waals surface area contributed by atoms with E-state index in [9.17, 15) is 0 Å². The largest absolute Gasteiger partial charge is 0.314 e. The number of nitrogens with one attached hydrogen (secondary N) is 2. The highest BCUT2D eigenvalue weighted by Gasteiger charge is 2.13. The number of hydrogen-bond donors (Lipinski definition) is 2. The second kappa shape index (κ2) is 4.86. The molecular formula is C15H18N2. The molecule has 1 fully saturated rings. The van der Waals surface area contributed by atoms with Crippen molar-refractivity contribution in [1.29, 1.82) is 0 Å². The lowest BCUT2D eigenvalue weighted by Gasteiger charge is -2.25. The molecule has 2 nitrogen and oxygen atoms in total. The lowest BCUT2D eigenvalue weighted by Crippen LogP contribution is -2.49. The molecule has 0 bridgehead atoms. The minimum absolute atomic E-state index is 0.564. The average Bonchev–Trinajstić information content (AvgIpc) is 2.40. The zero-order chi connectivity index (χ0) is 11.5. The van der Waals surface area contributed by atoms with E-state index in [4.69, 9.17) is 0 Å². The summed E-state index contributed by atoms with van der Waals surface area (Å²) in [5.41, 5.74) is 1.45. The van der Waals surface area contributed by atoms with Gasteiger partial charge in [0.25, 0.3) is 0 Å². The summed E-state index contributed by atoms with van der Waals surface area (Å²) in [6.07, 6.45) is 1.11. The van der Waals surface area contributed by atoms with Gasteiger partial charge in [-0.05, 0) is 22.8 Å². The SMILES string of the molecule is c1ccc2c(C[C@@H]3CNCCN3)cccc2c1. The first-order valence-corrected chi connectivity index (χ1v) is 6.34. The summed E-state index contributed by atoms with van der Waals surface area (Å²) in [5.74, 6) is 0. The van der Waals surface area contributed by atoms with Crippen molar-refractivity contribution >= 4 is 10.8 Å². The molecule has 0 radical (unpaired) electrons. The van der Waals surface area contributed by atoms with Gasteiger partial charge in [-0.15, -0.1) is 0 Å². The minimum Gasteiger partial charge on any atom is -0.314 e. The molecule has 0 spiro atoms. The number of rotatable bonds is 2. The number of benzene rings is 2. The van der Waals surface area contributed by atoms with Crippen LogP contribution in [0.5, 0.6) is 0 Å². The van der Waals surface area contributed by atoms with Gasteiger partial charge < -0.3 is 10.6 Å². The van der Waals surface area contributed by atoms with Crippen molar-refractivity contribution in [3.05, 3.63) is 48.0 Å². The van der Waals surface area contributed by atoms with E-state index in [2.05, 4.69) is 53.1 Å². The zero-order valence-corrected chi connectivity index (χ0v) is 9.95. The molecule has 0 amide bonds. The van der Waals surface area contributed by atoms with Gasteiger partial charge in [-0.1, -0.05) is 42.5 Å². The molecule has 2 N–H and O–H groups in total. The van der Waals surface area contributed by atoms with E-state index >= 15 is 0 Å². The van der Waals surface area contributed by atoms with Gasteiger partial charge in [0.1, 0.15) is 0 Å². The van der Waals surface area contributed by atoms with Crippen molar-refractivity contribution in [2.45, 2.75) is 12.5 Å². The molecule has 0 saturated carbocycles. The van der Waals surface area contributed by atoms with Crippen LogP contribution in [-0.4, -0.2) is 25.7 Å². The maximum atomic E-state index is 3.57. The van der Waals surface area contributed by atoms with E-state index in [0.29, 0.717) is 6.04 Å². The summed E-state index contributed by atoms with van der Waals surface area (Å²) in [6, 6.07) is 15.8. The lowest BCUT2D eigenvalue weighted by molar-refractivity contribution is 0.417. The highest BCUT2D eigenvalue weighted by atomic mass is 15.0.